The Labute approximate surface area is 188 Å². The van der Waals surface area contributed by atoms with Gasteiger partial charge in [-0.2, -0.15) is 13.8 Å². The number of rotatable bonds is 5. The minimum absolute atomic E-state index is 0.0220. The van der Waals surface area contributed by atoms with Crippen molar-refractivity contribution in [3.8, 4) is 11.6 Å². The molecule has 0 spiro atoms. The average Bonchev–Trinajstić information content (AvgIpc) is 3.34. The van der Waals surface area contributed by atoms with Crippen LogP contribution in [0, 0.1) is 0 Å². The van der Waals surface area contributed by atoms with Gasteiger partial charge in [0.05, 0.1) is 22.9 Å². The van der Waals surface area contributed by atoms with Crippen LogP contribution in [-0.2, 0) is 10.7 Å². The lowest BCUT2D eigenvalue weighted by Crippen LogP contribution is -2.17. The van der Waals surface area contributed by atoms with Crippen molar-refractivity contribution in [3.63, 3.8) is 0 Å². The predicted molar refractivity (Wildman–Crippen MR) is 115 cm³/mol. The number of hydrogen-bond donors (Lipinski definition) is 1. The normalized spacial score (nSPS) is 17.7. The standard InChI is InChI=1S/C23H24F2N4O4/c1-13(2)33-21-18(11-29-10-17(27-22(29)28-21)14-6-8-31-9-7-14)26-20(30)15-4-3-5-16-19(15)32-12-23(16,24)25/h3-5,10-11,13-14H,6-9,12H2,1-2H3,(H,26,30). The summed E-state index contributed by atoms with van der Waals surface area (Å²) in [5, 5.41) is 2.75. The van der Waals surface area contributed by atoms with Gasteiger partial charge in [0.1, 0.15) is 11.4 Å². The molecular formula is C23H24F2N4O4. The number of imidazole rings is 1. The predicted octanol–water partition coefficient (Wildman–Crippen LogP) is 4.15. The first kappa shape index (κ1) is 21.6. The first-order chi connectivity index (χ1) is 15.8. The summed E-state index contributed by atoms with van der Waals surface area (Å²) < 4.78 is 46.2. The molecule has 0 bridgehead atoms. The van der Waals surface area contributed by atoms with E-state index in [9.17, 15) is 13.6 Å². The maximum absolute atomic E-state index is 14.0. The zero-order valence-electron chi connectivity index (χ0n) is 18.3. The third-order valence-corrected chi connectivity index (χ3v) is 5.72. The van der Waals surface area contributed by atoms with Crippen LogP contribution in [0.2, 0.25) is 0 Å². The van der Waals surface area contributed by atoms with Gasteiger partial charge in [0.2, 0.25) is 11.7 Å². The first-order valence-electron chi connectivity index (χ1n) is 10.9. The quantitative estimate of drug-likeness (QED) is 0.618. The van der Waals surface area contributed by atoms with Crippen molar-refractivity contribution in [1.82, 2.24) is 14.4 Å². The molecule has 1 amide bonds. The van der Waals surface area contributed by atoms with Gasteiger partial charge in [-0.3, -0.25) is 9.20 Å². The fraction of sp³-hybridized carbons (Fsp3) is 0.435. The molecule has 8 nitrogen and oxygen atoms in total. The van der Waals surface area contributed by atoms with Crippen LogP contribution in [0.3, 0.4) is 0 Å². The smallest absolute Gasteiger partial charge is 0.310 e. The van der Waals surface area contributed by atoms with Crippen molar-refractivity contribution < 1.29 is 27.8 Å². The highest BCUT2D eigenvalue weighted by Gasteiger charge is 2.43. The molecule has 2 aliphatic rings. The minimum Gasteiger partial charge on any atom is -0.486 e. The monoisotopic (exact) mass is 458 g/mol. The van der Waals surface area contributed by atoms with E-state index in [1.54, 1.807) is 10.6 Å². The van der Waals surface area contributed by atoms with Gasteiger partial charge in [0, 0.05) is 31.5 Å². The highest BCUT2D eigenvalue weighted by atomic mass is 19.3. The summed E-state index contributed by atoms with van der Waals surface area (Å²) in [6.07, 6.45) is 5.12. The van der Waals surface area contributed by atoms with Crippen molar-refractivity contribution in [2.24, 2.45) is 0 Å². The Bertz CT molecular complexity index is 1200. The molecule has 1 saturated heterocycles. The lowest BCUT2D eigenvalue weighted by molar-refractivity contribution is -0.0214. The van der Waals surface area contributed by atoms with Crippen molar-refractivity contribution in [3.05, 3.63) is 47.4 Å². The number of halogens is 2. The number of hydrogen-bond acceptors (Lipinski definition) is 6. The van der Waals surface area contributed by atoms with E-state index in [1.165, 1.54) is 18.2 Å². The fourth-order valence-electron chi connectivity index (χ4n) is 4.10. The van der Waals surface area contributed by atoms with Crippen molar-refractivity contribution in [2.75, 3.05) is 25.1 Å². The van der Waals surface area contributed by atoms with E-state index in [0.29, 0.717) is 24.7 Å². The number of nitrogens with zero attached hydrogens (tertiary/aromatic N) is 3. The molecule has 0 unspecified atom stereocenters. The Kier molecular flexibility index (Phi) is 5.40. The Balaban J connectivity index is 1.49. The Hall–Kier alpha value is -3.27. The van der Waals surface area contributed by atoms with E-state index in [0.717, 1.165) is 18.5 Å². The van der Waals surface area contributed by atoms with Crippen molar-refractivity contribution >= 4 is 17.4 Å². The van der Waals surface area contributed by atoms with Gasteiger partial charge in [-0.1, -0.05) is 6.07 Å². The third-order valence-electron chi connectivity index (χ3n) is 5.72. The van der Waals surface area contributed by atoms with E-state index in [2.05, 4.69) is 15.3 Å². The second kappa shape index (κ2) is 8.26. The fourth-order valence-corrected chi connectivity index (χ4v) is 4.10. The number of ether oxygens (including phenoxy) is 3. The van der Waals surface area contributed by atoms with E-state index < -0.39 is 18.4 Å². The summed E-state index contributed by atoms with van der Waals surface area (Å²) in [7, 11) is 0. The van der Waals surface area contributed by atoms with Crippen LogP contribution in [0.25, 0.3) is 5.78 Å². The summed E-state index contributed by atoms with van der Waals surface area (Å²) in [6.45, 7) is 4.29. The largest absolute Gasteiger partial charge is 0.486 e. The zero-order chi connectivity index (χ0) is 23.2. The number of fused-ring (bicyclic) bond motifs is 2. The number of amides is 1. The molecule has 174 valence electrons. The molecule has 0 atom stereocenters. The van der Waals surface area contributed by atoms with E-state index in [1.807, 2.05) is 20.0 Å². The Morgan fingerprint density at radius 2 is 2.03 bits per heavy atom. The number of nitrogens with one attached hydrogen (secondary N) is 1. The average molecular weight is 458 g/mol. The molecule has 5 rings (SSSR count). The molecule has 1 aromatic carbocycles. The van der Waals surface area contributed by atoms with Gasteiger partial charge in [-0.25, -0.2) is 4.98 Å². The number of alkyl halides is 2. The van der Waals surface area contributed by atoms with Crippen molar-refractivity contribution in [1.29, 1.82) is 0 Å². The molecule has 33 heavy (non-hydrogen) atoms. The summed E-state index contributed by atoms with van der Waals surface area (Å²) in [4.78, 5) is 22.2. The van der Waals surface area contributed by atoms with Gasteiger partial charge in [-0.05, 0) is 38.8 Å². The molecule has 0 radical (unpaired) electrons. The maximum Gasteiger partial charge on any atom is 0.310 e. The van der Waals surface area contributed by atoms with E-state index in [-0.39, 0.29) is 34.8 Å². The van der Waals surface area contributed by atoms with Crippen LogP contribution < -0.4 is 14.8 Å². The second-order valence-corrected chi connectivity index (χ2v) is 8.52. The molecule has 2 aliphatic heterocycles. The van der Waals surface area contributed by atoms with Gasteiger partial charge >= 0.3 is 5.92 Å². The molecule has 3 aromatic rings. The number of aromatic nitrogens is 3. The molecule has 0 aliphatic carbocycles. The maximum atomic E-state index is 14.0. The number of anilines is 1. The van der Waals surface area contributed by atoms with Gasteiger partial charge < -0.3 is 19.5 Å². The first-order valence-corrected chi connectivity index (χ1v) is 10.9. The molecule has 4 heterocycles. The van der Waals surface area contributed by atoms with E-state index >= 15 is 0 Å². The molecule has 10 heteroatoms. The SMILES string of the molecule is CC(C)Oc1nc2nc(C3CCOCC3)cn2cc1NC(=O)c1cccc2c1OCC2(F)F. The van der Waals surface area contributed by atoms with Gasteiger partial charge in [0.25, 0.3) is 5.91 Å². The molecule has 0 saturated carbocycles. The van der Waals surface area contributed by atoms with Crippen LogP contribution in [0.5, 0.6) is 11.6 Å². The highest BCUT2D eigenvalue weighted by molar-refractivity contribution is 6.07. The number of carbonyl (C=O) groups is 1. The number of para-hydroxylation sites is 1. The third kappa shape index (κ3) is 4.10. The molecule has 1 N–H and O–H groups in total. The van der Waals surface area contributed by atoms with Crippen LogP contribution in [0.15, 0.2) is 30.6 Å². The summed E-state index contributed by atoms with van der Waals surface area (Å²) >= 11 is 0. The molecular weight excluding hydrogens is 434 g/mol. The lowest BCUT2D eigenvalue weighted by Gasteiger charge is -2.19. The topological polar surface area (TPSA) is 87.0 Å². The minimum atomic E-state index is -3.13. The number of benzene rings is 1. The van der Waals surface area contributed by atoms with Crippen LogP contribution in [0.1, 0.15) is 54.2 Å². The van der Waals surface area contributed by atoms with Gasteiger partial charge in [-0.15, -0.1) is 0 Å². The van der Waals surface area contributed by atoms with Crippen LogP contribution in [-0.4, -0.2) is 46.2 Å². The lowest BCUT2D eigenvalue weighted by atomic mass is 9.97. The molecule has 1 fully saturated rings. The Morgan fingerprint density at radius 1 is 1.24 bits per heavy atom. The Morgan fingerprint density at radius 3 is 2.79 bits per heavy atom. The zero-order valence-corrected chi connectivity index (χ0v) is 18.3. The van der Waals surface area contributed by atoms with Gasteiger partial charge in [0.15, 0.2) is 6.61 Å². The van der Waals surface area contributed by atoms with Crippen molar-refractivity contribution in [2.45, 2.75) is 44.6 Å². The molecule has 2 aromatic heterocycles. The highest BCUT2D eigenvalue weighted by Crippen LogP contribution is 2.43. The number of carbonyl (C=O) groups excluding carboxylic acids is 1. The summed E-state index contributed by atoms with van der Waals surface area (Å²) in [5.41, 5.74) is 0.938. The second-order valence-electron chi connectivity index (χ2n) is 8.52. The van der Waals surface area contributed by atoms with Crippen LogP contribution in [0.4, 0.5) is 14.5 Å². The summed E-state index contributed by atoms with van der Waals surface area (Å²) in [5.74, 6) is -2.90. The van der Waals surface area contributed by atoms with Crippen LogP contribution >= 0.6 is 0 Å². The summed E-state index contributed by atoms with van der Waals surface area (Å²) in [6, 6.07) is 4.13. The van der Waals surface area contributed by atoms with E-state index in [4.69, 9.17) is 14.2 Å².